The summed E-state index contributed by atoms with van der Waals surface area (Å²) in [6.07, 6.45) is 0. The van der Waals surface area contributed by atoms with Crippen LogP contribution >= 0.6 is 23.4 Å². The monoisotopic (exact) mass is 349 g/mol. The molecule has 23 heavy (non-hydrogen) atoms. The molecule has 1 N–H and O–H groups in total. The highest BCUT2D eigenvalue weighted by Crippen LogP contribution is 2.17. The van der Waals surface area contributed by atoms with Gasteiger partial charge >= 0.3 is 0 Å². The maximum Gasteiger partial charge on any atom is 0.257 e. The highest BCUT2D eigenvalue weighted by atomic mass is 35.5. The van der Waals surface area contributed by atoms with E-state index in [1.165, 1.54) is 11.1 Å². The summed E-state index contributed by atoms with van der Waals surface area (Å²) >= 11 is 7.66. The van der Waals surface area contributed by atoms with Crippen molar-refractivity contribution >= 4 is 29.3 Å². The predicted molar refractivity (Wildman–Crippen MR) is 97.3 cm³/mol. The van der Waals surface area contributed by atoms with Gasteiger partial charge in [-0.05, 0) is 36.2 Å². The number of carbonyl (C=O) groups excluding carboxylic acids is 1. The molecular formula is C18H20ClNO2S. The fourth-order valence-electron chi connectivity index (χ4n) is 1.97. The lowest BCUT2D eigenvalue weighted by molar-refractivity contribution is -0.122. The van der Waals surface area contributed by atoms with Crippen molar-refractivity contribution in [1.82, 2.24) is 5.32 Å². The number of hydrogen-bond donors (Lipinski definition) is 1. The number of carbonyl (C=O) groups is 1. The van der Waals surface area contributed by atoms with Gasteiger partial charge in [0.1, 0.15) is 5.75 Å². The molecule has 0 spiro atoms. The number of benzene rings is 2. The number of amides is 1. The summed E-state index contributed by atoms with van der Waals surface area (Å²) in [5, 5.41) is 3.44. The molecule has 0 aliphatic carbocycles. The Bertz CT molecular complexity index is 648. The Morgan fingerprint density at radius 3 is 2.83 bits per heavy atom. The number of thioether (sulfide) groups is 1. The molecule has 0 heterocycles. The van der Waals surface area contributed by atoms with Crippen LogP contribution < -0.4 is 10.1 Å². The molecule has 2 aromatic carbocycles. The van der Waals surface area contributed by atoms with Gasteiger partial charge < -0.3 is 10.1 Å². The molecular weight excluding hydrogens is 330 g/mol. The summed E-state index contributed by atoms with van der Waals surface area (Å²) in [4.78, 5) is 11.7. The molecule has 0 saturated heterocycles. The minimum Gasteiger partial charge on any atom is -0.484 e. The van der Waals surface area contributed by atoms with Crippen molar-refractivity contribution in [2.75, 3.05) is 18.9 Å². The van der Waals surface area contributed by atoms with Crippen molar-refractivity contribution in [2.45, 2.75) is 12.7 Å². The number of nitrogens with one attached hydrogen (secondary N) is 1. The molecule has 0 fully saturated rings. The van der Waals surface area contributed by atoms with E-state index >= 15 is 0 Å². The predicted octanol–water partition coefficient (Wildman–Crippen LogP) is 4.08. The lowest BCUT2D eigenvalue weighted by Crippen LogP contribution is -2.30. The number of halogens is 1. The smallest absolute Gasteiger partial charge is 0.257 e. The van der Waals surface area contributed by atoms with Crippen molar-refractivity contribution in [3.8, 4) is 5.75 Å². The molecule has 2 rings (SSSR count). The normalized spacial score (nSPS) is 10.3. The molecule has 0 radical (unpaired) electrons. The Balaban J connectivity index is 1.59. The maximum absolute atomic E-state index is 11.7. The van der Waals surface area contributed by atoms with Crippen molar-refractivity contribution in [3.05, 3.63) is 64.7 Å². The molecule has 0 unspecified atom stereocenters. The molecule has 0 saturated carbocycles. The van der Waals surface area contributed by atoms with Gasteiger partial charge in [0.2, 0.25) is 0 Å². The largest absolute Gasteiger partial charge is 0.484 e. The first kappa shape index (κ1) is 17.7. The maximum atomic E-state index is 11.7. The molecule has 0 aliphatic rings. The van der Waals surface area contributed by atoms with Crippen LogP contribution in [0.25, 0.3) is 0 Å². The quantitative estimate of drug-likeness (QED) is 0.730. The number of rotatable bonds is 8. The van der Waals surface area contributed by atoms with Gasteiger partial charge in [0.25, 0.3) is 5.91 Å². The van der Waals surface area contributed by atoms with E-state index in [0.29, 0.717) is 17.3 Å². The topological polar surface area (TPSA) is 38.3 Å². The Morgan fingerprint density at radius 1 is 1.22 bits per heavy atom. The highest BCUT2D eigenvalue weighted by Gasteiger charge is 2.03. The van der Waals surface area contributed by atoms with Crippen LogP contribution in [-0.2, 0) is 10.5 Å². The van der Waals surface area contributed by atoms with E-state index in [2.05, 4.69) is 30.4 Å². The van der Waals surface area contributed by atoms with Crippen LogP contribution in [-0.4, -0.2) is 24.8 Å². The summed E-state index contributed by atoms with van der Waals surface area (Å²) < 4.78 is 5.39. The SMILES string of the molecule is Cc1ccccc1CSCCNC(=O)COc1cccc(Cl)c1. The fraction of sp³-hybridized carbons (Fsp3) is 0.278. The second-order valence-electron chi connectivity index (χ2n) is 5.08. The minimum atomic E-state index is -0.124. The molecule has 1 amide bonds. The molecule has 0 aliphatic heterocycles. The Hall–Kier alpha value is -1.65. The number of hydrogen-bond acceptors (Lipinski definition) is 3. The van der Waals surface area contributed by atoms with E-state index in [0.717, 1.165) is 11.5 Å². The lowest BCUT2D eigenvalue weighted by atomic mass is 10.1. The van der Waals surface area contributed by atoms with Crippen molar-refractivity contribution in [3.63, 3.8) is 0 Å². The summed E-state index contributed by atoms with van der Waals surface area (Å²) in [6, 6.07) is 15.4. The van der Waals surface area contributed by atoms with Crippen LogP contribution in [0.5, 0.6) is 5.75 Å². The standard InChI is InChI=1S/C18H20ClNO2S/c1-14-5-2-3-6-15(14)13-23-10-9-20-18(21)12-22-17-8-4-7-16(19)11-17/h2-8,11H,9-10,12-13H2,1H3,(H,20,21). The third kappa shape index (κ3) is 6.55. The summed E-state index contributed by atoms with van der Waals surface area (Å²) in [5.41, 5.74) is 2.65. The molecule has 0 aromatic heterocycles. The summed E-state index contributed by atoms with van der Waals surface area (Å²) in [5.74, 6) is 2.31. The fourth-order valence-corrected chi connectivity index (χ4v) is 3.09. The third-order valence-electron chi connectivity index (χ3n) is 3.25. The van der Waals surface area contributed by atoms with Gasteiger partial charge in [0, 0.05) is 23.1 Å². The van der Waals surface area contributed by atoms with Gasteiger partial charge in [-0.3, -0.25) is 4.79 Å². The molecule has 122 valence electrons. The van der Waals surface area contributed by atoms with Crippen molar-refractivity contribution in [2.24, 2.45) is 0 Å². The van der Waals surface area contributed by atoms with Crippen LogP contribution in [0, 0.1) is 6.92 Å². The van der Waals surface area contributed by atoms with Gasteiger partial charge in [-0.15, -0.1) is 0 Å². The zero-order valence-corrected chi connectivity index (χ0v) is 14.6. The zero-order chi connectivity index (χ0) is 16.5. The second kappa shape index (κ2) is 9.48. The van der Waals surface area contributed by atoms with E-state index in [1.807, 2.05) is 6.07 Å². The third-order valence-corrected chi connectivity index (χ3v) is 4.50. The minimum absolute atomic E-state index is 0.00278. The average Bonchev–Trinajstić information content (AvgIpc) is 2.54. The van der Waals surface area contributed by atoms with Gasteiger partial charge in [0.15, 0.2) is 6.61 Å². The van der Waals surface area contributed by atoms with Gasteiger partial charge in [-0.2, -0.15) is 11.8 Å². The molecule has 0 bridgehead atoms. The van der Waals surface area contributed by atoms with E-state index < -0.39 is 0 Å². The van der Waals surface area contributed by atoms with Gasteiger partial charge in [-0.25, -0.2) is 0 Å². The van der Waals surface area contributed by atoms with Crippen molar-refractivity contribution < 1.29 is 9.53 Å². The summed E-state index contributed by atoms with van der Waals surface area (Å²) in [6.45, 7) is 2.75. The molecule has 3 nitrogen and oxygen atoms in total. The van der Waals surface area contributed by atoms with Crippen LogP contribution in [0.4, 0.5) is 0 Å². The first-order valence-electron chi connectivity index (χ1n) is 7.42. The first-order valence-corrected chi connectivity index (χ1v) is 8.96. The number of ether oxygens (including phenoxy) is 1. The van der Waals surface area contributed by atoms with Crippen LogP contribution in [0.1, 0.15) is 11.1 Å². The van der Waals surface area contributed by atoms with Crippen LogP contribution in [0.2, 0.25) is 5.02 Å². The summed E-state index contributed by atoms with van der Waals surface area (Å²) in [7, 11) is 0. The van der Waals surface area contributed by atoms with Gasteiger partial charge in [0.05, 0.1) is 0 Å². The van der Waals surface area contributed by atoms with E-state index in [1.54, 1.807) is 36.0 Å². The first-order chi connectivity index (χ1) is 11.1. The Morgan fingerprint density at radius 2 is 2.04 bits per heavy atom. The molecule has 2 aromatic rings. The lowest BCUT2D eigenvalue weighted by Gasteiger charge is -2.08. The Labute approximate surface area is 146 Å². The van der Waals surface area contributed by atoms with Gasteiger partial charge in [-0.1, -0.05) is 41.9 Å². The average molecular weight is 350 g/mol. The van der Waals surface area contributed by atoms with Crippen LogP contribution in [0.3, 0.4) is 0 Å². The van der Waals surface area contributed by atoms with Crippen LogP contribution in [0.15, 0.2) is 48.5 Å². The Kier molecular flexibility index (Phi) is 7.30. The van der Waals surface area contributed by atoms with E-state index in [9.17, 15) is 4.79 Å². The zero-order valence-electron chi connectivity index (χ0n) is 13.0. The van der Waals surface area contributed by atoms with Crippen molar-refractivity contribution in [1.29, 1.82) is 0 Å². The highest BCUT2D eigenvalue weighted by molar-refractivity contribution is 7.98. The molecule has 5 heteroatoms. The number of aryl methyl sites for hydroxylation is 1. The second-order valence-corrected chi connectivity index (χ2v) is 6.62. The van der Waals surface area contributed by atoms with E-state index in [4.69, 9.17) is 16.3 Å². The molecule has 0 atom stereocenters. The van der Waals surface area contributed by atoms with E-state index in [-0.39, 0.29) is 12.5 Å².